The van der Waals surface area contributed by atoms with Crippen LogP contribution >= 0.6 is 23.2 Å². The molecule has 1 heterocycles. The molecule has 0 aromatic heterocycles. The van der Waals surface area contributed by atoms with Gasteiger partial charge >= 0.3 is 0 Å². The molecular formula is C20H19Cl2FN2O3. The largest absolute Gasteiger partial charge is 0.390 e. The first-order valence-electron chi connectivity index (χ1n) is 8.65. The summed E-state index contributed by atoms with van der Waals surface area (Å²) in [6.45, 7) is 0.604. The summed E-state index contributed by atoms with van der Waals surface area (Å²) in [6, 6.07) is 11.3. The van der Waals surface area contributed by atoms with Crippen molar-refractivity contribution in [3.05, 3.63) is 69.5 Å². The van der Waals surface area contributed by atoms with E-state index >= 15 is 0 Å². The fourth-order valence-electron chi connectivity index (χ4n) is 2.90. The maximum atomic E-state index is 13.1. The van der Waals surface area contributed by atoms with Gasteiger partial charge in [-0.25, -0.2) is 4.39 Å². The topological polar surface area (TPSA) is 51.1 Å². The van der Waals surface area contributed by atoms with Crippen molar-refractivity contribution in [3.63, 3.8) is 0 Å². The Balaban J connectivity index is 1.66. The van der Waals surface area contributed by atoms with Crippen LogP contribution in [0.1, 0.15) is 17.5 Å². The van der Waals surface area contributed by atoms with Crippen LogP contribution in [0, 0.1) is 5.82 Å². The molecule has 148 valence electrons. The Kier molecular flexibility index (Phi) is 6.88. The van der Waals surface area contributed by atoms with E-state index < -0.39 is 0 Å². The Morgan fingerprint density at radius 1 is 1.25 bits per heavy atom. The van der Waals surface area contributed by atoms with Gasteiger partial charge in [0, 0.05) is 25.6 Å². The van der Waals surface area contributed by atoms with Crippen LogP contribution < -0.4 is 0 Å². The molecule has 0 aliphatic carbocycles. The lowest BCUT2D eigenvalue weighted by Crippen LogP contribution is -2.39. The van der Waals surface area contributed by atoms with Crippen LogP contribution in [0.4, 0.5) is 4.39 Å². The van der Waals surface area contributed by atoms with Crippen molar-refractivity contribution in [2.45, 2.75) is 19.1 Å². The number of halogens is 3. The highest BCUT2D eigenvalue weighted by Crippen LogP contribution is 2.26. The molecule has 5 nitrogen and oxygen atoms in total. The summed E-state index contributed by atoms with van der Waals surface area (Å²) < 4.78 is 18.1. The normalized spacial score (nSPS) is 15.9. The summed E-state index contributed by atoms with van der Waals surface area (Å²) in [6.07, 6.45) is 0.226. The number of hydrogen-bond acceptors (Lipinski definition) is 4. The van der Waals surface area contributed by atoms with Crippen LogP contribution in [0.2, 0.25) is 10.0 Å². The van der Waals surface area contributed by atoms with Crippen LogP contribution in [0.3, 0.4) is 0 Å². The van der Waals surface area contributed by atoms with Gasteiger partial charge in [0.25, 0.3) is 0 Å². The summed E-state index contributed by atoms with van der Waals surface area (Å²) in [7, 11) is 1.46. The minimum atomic E-state index is -0.322. The molecule has 0 saturated carbocycles. The van der Waals surface area contributed by atoms with Gasteiger partial charge in [-0.1, -0.05) is 46.6 Å². The number of nitrogens with zero attached hydrogens (tertiary/aromatic N) is 2. The van der Waals surface area contributed by atoms with Crippen LogP contribution in [0.5, 0.6) is 0 Å². The number of carbonyl (C=O) groups is 1. The van der Waals surface area contributed by atoms with E-state index in [-0.39, 0.29) is 24.4 Å². The van der Waals surface area contributed by atoms with E-state index in [9.17, 15) is 9.18 Å². The number of carbonyl (C=O) groups excluding carboxylic acids is 1. The van der Waals surface area contributed by atoms with Gasteiger partial charge in [0.2, 0.25) is 5.91 Å². The third-order valence-electron chi connectivity index (χ3n) is 4.32. The van der Waals surface area contributed by atoms with Crippen molar-refractivity contribution in [2.24, 2.45) is 5.16 Å². The quantitative estimate of drug-likeness (QED) is 0.665. The Morgan fingerprint density at radius 3 is 2.68 bits per heavy atom. The standard InChI is InChI=1S/C20H19Cl2FN2O3/c1-27-12-20(26)25(10-13-2-5-15(23)6-3-13)11-16-9-19(24-28-16)14-4-7-17(21)18(22)8-14/h2-8,16H,9-12H2,1H3. The fraction of sp³-hybridized carbons (Fsp3) is 0.300. The summed E-state index contributed by atoms with van der Waals surface area (Å²) >= 11 is 12.0. The van der Waals surface area contributed by atoms with Gasteiger partial charge in [-0.3, -0.25) is 4.79 Å². The average molecular weight is 425 g/mol. The van der Waals surface area contributed by atoms with Crippen LogP contribution in [-0.2, 0) is 20.9 Å². The first-order valence-corrected chi connectivity index (χ1v) is 9.41. The molecule has 3 rings (SSSR count). The number of benzene rings is 2. The van der Waals surface area contributed by atoms with Crippen molar-refractivity contribution in [2.75, 3.05) is 20.3 Å². The molecule has 8 heteroatoms. The maximum Gasteiger partial charge on any atom is 0.248 e. The minimum Gasteiger partial charge on any atom is -0.390 e. The highest BCUT2D eigenvalue weighted by atomic mass is 35.5. The molecule has 1 aliphatic rings. The Bertz CT molecular complexity index is 874. The van der Waals surface area contributed by atoms with Gasteiger partial charge in [0.15, 0.2) is 6.10 Å². The van der Waals surface area contributed by atoms with E-state index in [2.05, 4.69) is 5.16 Å². The number of hydrogen-bond donors (Lipinski definition) is 0. The molecule has 0 N–H and O–H groups in total. The second-order valence-electron chi connectivity index (χ2n) is 6.43. The highest BCUT2D eigenvalue weighted by molar-refractivity contribution is 6.42. The SMILES string of the molecule is COCC(=O)N(Cc1ccc(F)cc1)CC1CC(c2ccc(Cl)c(Cl)c2)=NO1. The number of methoxy groups -OCH3 is 1. The molecule has 1 amide bonds. The van der Waals surface area contributed by atoms with Crippen LogP contribution in [-0.4, -0.2) is 42.9 Å². The summed E-state index contributed by atoms with van der Waals surface area (Å²) in [5.41, 5.74) is 2.38. The summed E-state index contributed by atoms with van der Waals surface area (Å²) in [5.74, 6) is -0.504. The lowest BCUT2D eigenvalue weighted by Gasteiger charge is -2.24. The molecule has 2 aromatic carbocycles. The molecule has 0 radical (unpaired) electrons. The second-order valence-corrected chi connectivity index (χ2v) is 7.25. The second kappa shape index (κ2) is 9.37. The fourth-order valence-corrected chi connectivity index (χ4v) is 3.20. The lowest BCUT2D eigenvalue weighted by atomic mass is 10.0. The molecular weight excluding hydrogens is 406 g/mol. The molecule has 1 unspecified atom stereocenters. The first-order chi connectivity index (χ1) is 13.5. The molecule has 0 saturated heterocycles. The van der Waals surface area contributed by atoms with E-state index in [0.717, 1.165) is 16.8 Å². The van der Waals surface area contributed by atoms with Crippen LogP contribution in [0.25, 0.3) is 0 Å². The molecule has 0 spiro atoms. The van der Waals surface area contributed by atoms with Gasteiger partial charge in [-0.15, -0.1) is 0 Å². The number of rotatable bonds is 7. The number of oxime groups is 1. The Labute approximate surface area is 172 Å². The van der Waals surface area contributed by atoms with Crippen molar-refractivity contribution >= 4 is 34.8 Å². The Hall–Kier alpha value is -2.15. The van der Waals surface area contributed by atoms with E-state index in [1.165, 1.54) is 19.2 Å². The monoisotopic (exact) mass is 424 g/mol. The average Bonchev–Trinajstić information content (AvgIpc) is 3.14. The van der Waals surface area contributed by atoms with Crippen molar-refractivity contribution in [1.29, 1.82) is 0 Å². The van der Waals surface area contributed by atoms with Gasteiger partial charge in [-0.05, 0) is 29.8 Å². The smallest absolute Gasteiger partial charge is 0.248 e. The molecule has 2 aromatic rings. The lowest BCUT2D eigenvalue weighted by molar-refractivity contribution is -0.137. The third kappa shape index (κ3) is 5.22. The predicted octanol–water partition coefficient (Wildman–Crippen LogP) is 4.30. The van der Waals surface area contributed by atoms with Crippen molar-refractivity contribution < 1.29 is 18.8 Å². The predicted molar refractivity (Wildman–Crippen MR) is 106 cm³/mol. The van der Waals surface area contributed by atoms with E-state index in [0.29, 0.717) is 29.6 Å². The van der Waals surface area contributed by atoms with E-state index in [1.807, 2.05) is 6.07 Å². The van der Waals surface area contributed by atoms with Crippen LogP contribution in [0.15, 0.2) is 47.6 Å². The zero-order valence-corrected chi connectivity index (χ0v) is 16.7. The molecule has 1 atom stereocenters. The minimum absolute atomic E-state index is 0.0472. The Morgan fingerprint density at radius 2 is 2.00 bits per heavy atom. The zero-order valence-electron chi connectivity index (χ0n) is 15.2. The van der Waals surface area contributed by atoms with E-state index in [4.69, 9.17) is 32.8 Å². The van der Waals surface area contributed by atoms with Gasteiger partial charge < -0.3 is 14.5 Å². The van der Waals surface area contributed by atoms with Gasteiger partial charge in [0.05, 0.1) is 22.3 Å². The number of ether oxygens (including phenoxy) is 1. The van der Waals surface area contributed by atoms with Crippen molar-refractivity contribution in [3.8, 4) is 0 Å². The maximum absolute atomic E-state index is 13.1. The first kappa shape index (κ1) is 20.6. The molecule has 0 fully saturated rings. The molecule has 0 bridgehead atoms. The summed E-state index contributed by atoms with van der Waals surface area (Å²) in [5, 5.41) is 5.04. The number of amides is 1. The zero-order chi connectivity index (χ0) is 20.1. The van der Waals surface area contributed by atoms with E-state index in [1.54, 1.807) is 29.2 Å². The third-order valence-corrected chi connectivity index (χ3v) is 5.06. The van der Waals surface area contributed by atoms with Gasteiger partial charge in [-0.2, -0.15) is 0 Å². The summed E-state index contributed by atoms with van der Waals surface area (Å²) in [4.78, 5) is 19.6. The van der Waals surface area contributed by atoms with Crippen molar-refractivity contribution in [1.82, 2.24) is 4.90 Å². The highest BCUT2D eigenvalue weighted by Gasteiger charge is 2.27. The molecule has 1 aliphatic heterocycles. The van der Waals surface area contributed by atoms with Gasteiger partial charge in [0.1, 0.15) is 12.4 Å². The molecule has 28 heavy (non-hydrogen) atoms.